The molecule has 2 saturated heterocycles. The van der Waals surface area contributed by atoms with E-state index in [1.807, 2.05) is 34.2 Å². The highest BCUT2D eigenvalue weighted by molar-refractivity contribution is 6.31. The van der Waals surface area contributed by atoms with Crippen molar-refractivity contribution < 1.29 is 14.4 Å². The van der Waals surface area contributed by atoms with Crippen LogP contribution in [-0.4, -0.2) is 41.5 Å². The molecule has 2 atom stereocenters. The van der Waals surface area contributed by atoms with Crippen LogP contribution in [0.3, 0.4) is 0 Å². The maximum absolute atomic E-state index is 12.3. The van der Waals surface area contributed by atoms with Gasteiger partial charge in [0.15, 0.2) is 0 Å². The van der Waals surface area contributed by atoms with Gasteiger partial charge in [0, 0.05) is 10.4 Å². The Bertz CT molecular complexity index is 652. The van der Waals surface area contributed by atoms with E-state index in [0.717, 1.165) is 18.4 Å². The van der Waals surface area contributed by atoms with E-state index in [1.165, 1.54) is 19.3 Å². The third kappa shape index (κ3) is 4.41. The summed E-state index contributed by atoms with van der Waals surface area (Å²) in [6.45, 7) is 8.18. The average Bonchev–Trinajstić information content (AvgIpc) is 3.14. The van der Waals surface area contributed by atoms with E-state index in [2.05, 4.69) is 20.8 Å². The zero-order valence-electron chi connectivity index (χ0n) is 16.6. The number of rotatable bonds is 8. The lowest BCUT2D eigenvalue weighted by molar-refractivity contribution is -0.187. The number of unbranched alkanes of at least 4 members (excludes halogenated alkanes) is 3. The maximum Gasteiger partial charge on any atom is 0.411 e. The predicted molar refractivity (Wildman–Crippen MR) is 106 cm³/mol. The smallest absolute Gasteiger partial charge is 0.411 e. The first-order valence-electron chi connectivity index (χ1n) is 10.1. The summed E-state index contributed by atoms with van der Waals surface area (Å²) < 4.78 is 5.22. The molecule has 0 N–H and O–H groups in total. The molecular weight excluding hydrogens is 364 g/mol. The van der Waals surface area contributed by atoms with Crippen molar-refractivity contribution >= 4 is 17.7 Å². The topological polar surface area (TPSA) is 42.0 Å². The van der Waals surface area contributed by atoms with Crippen LogP contribution in [-0.2, 0) is 16.1 Å². The van der Waals surface area contributed by atoms with E-state index in [0.29, 0.717) is 24.7 Å². The number of benzene rings is 1. The van der Waals surface area contributed by atoms with Crippen molar-refractivity contribution in [1.29, 1.82) is 0 Å². The number of carbonyl (C=O) groups excluding carboxylic acids is 1. The molecule has 1 aromatic carbocycles. The summed E-state index contributed by atoms with van der Waals surface area (Å²) in [6, 6.07) is 7.79. The molecule has 6 heteroatoms. The molecule has 2 fully saturated rings. The summed E-state index contributed by atoms with van der Waals surface area (Å²) >= 11 is 6.38. The Morgan fingerprint density at radius 2 is 2.00 bits per heavy atom. The minimum atomic E-state index is -0.257. The molecule has 27 heavy (non-hydrogen) atoms. The van der Waals surface area contributed by atoms with Crippen LogP contribution >= 0.6 is 11.6 Å². The maximum atomic E-state index is 12.3. The molecule has 1 aromatic rings. The standard InChI is InChI=1S/C21H31ClN2O3/c1-4-5-6-7-12-18-21(2,3)19(23-13-14-26-20(23)25)24(27-18)15-16-10-8-9-11-17(16)22/h8-11,18-19H,4-7,12-15H2,1-3H3. The van der Waals surface area contributed by atoms with Gasteiger partial charge in [-0.3, -0.25) is 9.74 Å². The largest absolute Gasteiger partial charge is 0.447 e. The second kappa shape index (κ2) is 8.80. The molecule has 150 valence electrons. The molecule has 5 nitrogen and oxygen atoms in total. The molecular formula is C21H31ClN2O3. The summed E-state index contributed by atoms with van der Waals surface area (Å²) in [4.78, 5) is 20.5. The highest BCUT2D eigenvalue weighted by atomic mass is 35.5. The molecule has 0 saturated carbocycles. The second-order valence-electron chi connectivity index (χ2n) is 8.11. The fourth-order valence-electron chi connectivity index (χ4n) is 4.18. The molecule has 0 bridgehead atoms. The SMILES string of the molecule is CCCCCCC1ON(Cc2ccccc2Cl)C(N2CCOC2=O)C1(C)C. The summed E-state index contributed by atoms with van der Waals surface area (Å²) in [5.41, 5.74) is 0.802. The fourth-order valence-corrected chi connectivity index (χ4v) is 4.37. The van der Waals surface area contributed by atoms with Gasteiger partial charge in [-0.1, -0.05) is 76.3 Å². The number of carbonyl (C=O) groups is 1. The van der Waals surface area contributed by atoms with Gasteiger partial charge in [-0.25, -0.2) is 4.79 Å². The van der Waals surface area contributed by atoms with Gasteiger partial charge in [-0.2, -0.15) is 5.06 Å². The Morgan fingerprint density at radius 1 is 1.22 bits per heavy atom. The number of hydrogen-bond donors (Lipinski definition) is 0. The Morgan fingerprint density at radius 3 is 2.67 bits per heavy atom. The van der Waals surface area contributed by atoms with Crippen LogP contribution in [0.15, 0.2) is 24.3 Å². The molecule has 0 spiro atoms. The minimum Gasteiger partial charge on any atom is -0.447 e. The van der Waals surface area contributed by atoms with E-state index in [1.54, 1.807) is 0 Å². The second-order valence-corrected chi connectivity index (χ2v) is 8.52. The Hall–Kier alpha value is -1.30. The summed E-state index contributed by atoms with van der Waals surface area (Å²) in [5, 5.41) is 2.66. The molecule has 1 amide bonds. The van der Waals surface area contributed by atoms with Crippen LogP contribution < -0.4 is 0 Å². The van der Waals surface area contributed by atoms with Crippen molar-refractivity contribution in [2.75, 3.05) is 13.2 Å². The van der Waals surface area contributed by atoms with Gasteiger partial charge in [0.05, 0.1) is 19.2 Å². The molecule has 0 aromatic heterocycles. The zero-order chi connectivity index (χ0) is 19.4. The number of hydrogen-bond acceptors (Lipinski definition) is 4. The van der Waals surface area contributed by atoms with Gasteiger partial charge >= 0.3 is 6.09 Å². The monoisotopic (exact) mass is 394 g/mol. The lowest BCUT2D eigenvalue weighted by Gasteiger charge is -2.36. The molecule has 0 radical (unpaired) electrons. The Balaban J connectivity index is 1.80. The van der Waals surface area contributed by atoms with Crippen molar-refractivity contribution in [1.82, 2.24) is 9.96 Å². The number of cyclic esters (lactones) is 1. The normalized spacial score (nSPS) is 25.2. The molecule has 2 heterocycles. The van der Waals surface area contributed by atoms with E-state index >= 15 is 0 Å². The van der Waals surface area contributed by atoms with Crippen molar-refractivity contribution in [3.8, 4) is 0 Å². The number of nitrogens with zero attached hydrogens (tertiary/aromatic N) is 2. The number of hydroxylamine groups is 2. The third-order valence-electron chi connectivity index (χ3n) is 5.72. The van der Waals surface area contributed by atoms with E-state index in [9.17, 15) is 4.79 Å². The van der Waals surface area contributed by atoms with Crippen LogP contribution in [0.1, 0.15) is 58.4 Å². The first kappa shape index (κ1) is 20.4. The van der Waals surface area contributed by atoms with Crippen LogP contribution in [0, 0.1) is 5.41 Å². The van der Waals surface area contributed by atoms with Crippen molar-refractivity contribution in [2.24, 2.45) is 5.41 Å². The minimum absolute atomic E-state index is 0.0650. The van der Waals surface area contributed by atoms with Crippen molar-refractivity contribution in [3.05, 3.63) is 34.9 Å². The van der Waals surface area contributed by atoms with Crippen molar-refractivity contribution in [2.45, 2.75) is 71.7 Å². The van der Waals surface area contributed by atoms with Crippen molar-refractivity contribution in [3.63, 3.8) is 0 Å². The van der Waals surface area contributed by atoms with Gasteiger partial charge in [0.25, 0.3) is 0 Å². The molecule has 2 unspecified atom stereocenters. The third-order valence-corrected chi connectivity index (χ3v) is 6.09. The molecule has 2 aliphatic heterocycles. The summed E-state index contributed by atoms with van der Waals surface area (Å²) in [5.74, 6) is 0. The summed E-state index contributed by atoms with van der Waals surface area (Å²) in [7, 11) is 0. The summed E-state index contributed by atoms with van der Waals surface area (Å²) in [6.07, 6.45) is 5.45. The zero-order valence-corrected chi connectivity index (χ0v) is 17.4. The number of halogens is 1. The van der Waals surface area contributed by atoms with Gasteiger partial charge in [-0.05, 0) is 18.1 Å². The molecule has 0 aliphatic carbocycles. The number of ether oxygens (including phenoxy) is 1. The van der Waals surface area contributed by atoms with E-state index < -0.39 is 0 Å². The fraction of sp³-hybridized carbons (Fsp3) is 0.667. The first-order chi connectivity index (χ1) is 12.9. The average molecular weight is 395 g/mol. The number of amides is 1. The van der Waals surface area contributed by atoms with E-state index in [-0.39, 0.29) is 23.8 Å². The molecule has 2 aliphatic rings. The van der Waals surface area contributed by atoms with Gasteiger partial charge in [0.1, 0.15) is 12.8 Å². The Kier molecular flexibility index (Phi) is 6.66. The van der Waals surface area contributed by atoms with Crippen LogP contribution in [0.25, 0.3) is 0 Å². The van der Waals surface area contributed by atoms with E-state index in [4.69, 9.17) is 21.2 Å². The van der Waals surface area contributed by atoms with Crippen LogP contribution in [0.5, 0.6) is 0 Å². The van der Waals surface area contributed by atoms with Gasteiger partial charge in [-0.15, -0.1) is 0 Å². The highest BCUT2D eigenvalue weighted by Gasteiger charge is 2.54. The Labute approximate surface area is 167 Å². The highest BCUT2D eigenvalue weighted by Crippen LogP contribution is 2.44. The lowest BCUT2D eigenvalue weighted by atomic mass is 9.81. The van der Waals surface area contributed by atoms with Crippen LogP contribution in [0.4, 0.5) is 4.79 Å². The van der Waals surface area contributed by atoms with Crippen LogP contribution in [0.2, 0.25) is 5.02 Å². The predicted octanol–water partition coefficient (Wildman–Crippen LogP) is 5.23. The van der Waals surface area contributed by atoms with Gasteiger partial charge in [0.2, 0.25) is 0 Å². The van der Waals surface area contributed by atoms with Gasteiger partial charge < -0.3 is 4.74 Å². The first-order valence-corrected chi connectivity index (χ1v) is 10.4. The molecule has 3 rings (SSSR count). The lowest BCUT2D eigenvalue weighted by Crippen LogP contribution is -2.51. The quantitative estimate of drug-likeness (QED) is 0.566.